The van der Waals surface area contributed by atoms with Gasteiger partial charge in [-0.25, -0.2) is 0 Å². The number of rotatable bonds is 4. The zero-order valence-corrected chi connectivity index (χ0v) is 13.1. The van der Waals surface area contributed by atoms with E-state index in [9.17, 15) is 4.79 Å². The predicted molar refractivity (Wildman–Crippen MR) is 85.0 cm³/mol. The molecule has 5 nitrogen and oxygen atoms in total. The number of amides is 1. The maximum atomic E-state index is 12.7. The number of azide groups is 1. The summed E-state index contributed by atoms with van der Waals surface area (Å²) in [7, 11) is 0. The lowest BCUT2D eigenvalue weighted by Gasteiger charge is -2.43. The molecular formula is C17H22N4O. The lowest BCUT2D eigenvalue weighted by Crippen LogP contribution is -2.45. The number of hydrogen-bond donors (Lipinski definition) is 0. The van der Waals surface area contributed by atoms with Crippen molar-refractivity contribution in [3.63, 3.8) is 0 Å². The van der Waals surface area contributed by atoms with Gasteiger partial charge in [0, 0.05) is 17.4 Å². The molecule has 0 bridgehead atoms. The lowest BCUT2D eigenvalue weighted by atomic mass is 9.66. The average Bonchev–Trinajstić information content (AvgIpc) is 2.80. The number of nitrogens with zero attached hydrogens (tertiary/aromatic N) is 4. The van der Waals surface area contributed by atoms with Crippen molar-refractivity contribution in [3.05, 3.63) is 46.3 Å². The van der Waals surface area contributed by atoms with E-state index in [1.807, 2.05) is 30.0 Å². The number of carbonyl (C=O) groups excluding carboxylic acids is 1. The first kappa shape index (κ1) is 14.9. The van der Waals surface area contributed by atoms with Gasteiger partial charge in [0.1, 0.15) is 0 Å². The van der Waals surface area contributed by atoms with Crippen LogP contribution in [-0.2, 0) is 4.79 Å². The van der Waals surface area contributed by atoms with Crippen molar-refractivity contribution >= 4 is 5.91 Å². The summed E-state index contributed by atoms with van der Waals surface area (Å²) in [5, 5.41) is 4.10. The third-order valence-electron chi connectivity index (χ3n) is 5.57. The summed E-state index contributed by atoms with van der Waals surface area (Å²) < 4.78 is 0. The van der Waals surface area contributed by atoms with Crippen molar-refractivity contribution in [2.75, 3.05) is 6.54 Å². The molecule has 1 aliphatic heterocycles. The van der Waals surface area contributed by atoms with Crippen LogP contribution in [0.1, 0.15) is 44.7 Å². The highest BCUT2D eigenvalue weighted by Crippen LogP contribution is 2.49. The number of benzene rings is 1. The van der Waals surface area contributed by atoms with Crippen LogP contribution in [0.3, 0.4) is 0 Å². The third kappa shape index (κ3) is 2.26. The fourth-order valence-corrected chi connectivity index (χ4v) is 3.96. The van der Waals surface area contributed by atoms with Gasteiger partial charge in [0.25, 0.3) is 0 Å². The molecule has 1 aliphatic carbocycles. The monoisotopic (exact) mass is 298 g/mol. The van der Waals surface area contributed by atoms with Crippen LogP contribution >= 0.6 is 0 Å². The predicted octanol–water partition coefficient (Wildman–Crippen LogP) is 4.08. The Morgan fingerprint density at radius 2 is 2.05 bits per heavy atom. The third-order valence-corrected chi connectivity index (χ3v) is 5.57. The van der Waals surface area contributed by atoms with Gasteiger partial charge < -0.3 is 4.90 Å². The second-order valence-electron chi connectivity index (χ2n) is 6.62. The van der Waals surface area contributed by atoms with E-state index in [1.54, 1.807) is 0 Å². The molecule has 1 saturated carbocycles. The first-order valence-corrected chi connectivity index (χ1v) is 8.01. The second-order valence-corrected chi connectivity index (χ2v) is 6.62. The Bertz CT molecular complexity index is 604. The van der Waals surface area contributed by atoms with Gasteiger partial charge in [-0.3, -0.25) is 4.79 Å². The van der Waals surface area contributed by atoms with Gasteiger partial charge in [-0.2, -0.15) is 0 Å². The maximum Gasteiger partial charge on any atom is 0.226 e. The fourth-order valence-electron chi connectivity index (χ4n) is 3.96. The maximum absolute atomic E-state index is 12.7. The largest absolute Gasteiger partial charge is 0.335 e. The summed E-state index contributed by atoms with van der Waals surface area (Å²) >= 11 is 0. The van der Waals surface area contributed by atoms with Crippen LogP contribution in [-0.4, -0.2) is 22.9 Å². The van der Waals surface area contributed by atoms with Gasteiger partial charge >= 0.3 is 0 Å². The van der Waals surface area contributed by atoms with Crippen LogP contribution in [0.5, 0.6) is 0 Å². The van der Waals surface area contributed by atoms with E-state index in [4.69, 9.17) is 5.53 Å². The number of carbonyl (C=O) groups is 1. The van der Waals surface area contributed by atoms with Crippen molar-refractivity contribution in [2.24, 2.45) is 17.0 Å². The van der Waals surface area contributed by atoms with E-state index >= 15 is 0 Å². The standard InChI is InChI=1S/C17H22N4O/c1-12-15(17(19-20-18)9-6-10-17)11-21(16(12)22)13(2)14-7-4-3-5-8-14/h3-5,7-8,12-13,15H,6,9-11H2,1-2H3/t12?,13-,15+/m1/s1. The van der Waals surface area contributed by atoms with Crippen LogP contribution < -0.4 is 0 Å². The lowest BCUT2D eigenvalue weighted by molar-refractivity contribution is -0.132. The summed E-state index contributed by atoms with van der Waals surface area (Å²) in [5.41, 5.74) is 9.70. The summed E-state index contributed by atoms with van der Waals surface area (Å²) in [5.74, 6) is 0.244. The van der Waals surface area contributed by atoms with Gasteiger partial charge in [-0.05, 0) is 36.8 Å². The summed E-state index contributed by atoms with van der Waals surface area (Å²) in [4.78, 5) is 17.7. The molecule has 0 N–H and O–H groups in total. The van der Waals surface area contributed by atoms with E-state index < -0.39 is 0 Å². The topological polar surface area (TPSA) is 69.1 Å². The zero-order chi connectivity index (χ0) is 15.7. The number of likely N-dealkylation sites (tertiary alicyclic amines) is 1. The van der Waals surface area contributed by atoms with Crippen LogP contribution in [0, 0.1) is 11.8 Å². The van der Waals surface area contributed by atoms with Gasteiger partial charge in [0.2, 0.25) is 5.91 Å². The van der Waals surface area contributed by atoms with Crippen LogP contribution in [0.2, 0.25) is 0 Å². The van der Waals surface area contributed by atoms with Crippen molar-refractivity contribution < 1.29 is 4.79 Å². The molecule has 1 unspecified atom stereocenters. The first-order chi connectivity index (χ1) is 10.6. The minimum Gasteiger partial charge on any atom is -0.335 e. The number of hydrogen-bond acceptors (Lipinski definition) is 2. The molecule has 3 atom stereocenters. The van der Waals surface area contributed by atoms with Gasteiger partial charge in [0.05, 0.1) is 11.6 Å². The Balaban J connectivity index is 1.84. The van der Waals surface area contributed by atoms with Crippen LogP contribution in [0.15, 0.2) is 35.4 Å². The summed E-state index contributed by atoms with van der Waals surface area (Å²) in [6.45, 7) is 4.75. The molecule has 1 aromatic rings. The highest BCUT2D eigenvalue weighted by Gasteiger charge is 2.53. The minimum absolute atomic E-state index is 0.0596. The average molecular weight is 298 g/mol. The molecule has 22 heavy (non-hydrogen) atoms. The summed E-state index contributed by atoms with van der Waals surface area (Å²) in [6.07, 6.45) is 2.91. The van der Waals surface area contributed by atoms with E-state index in [0.717, 1.165) is 24.8 Å². The highest BCUT2D eigenvalue weighted by atomic mass is 16.2. The SMILES string of the molecule is CC1C(=O)N([C@H](C)c2ccccc2)C[C@@H]1C1(N=[N+]=[N-])CCC1. The molecule has 1 saturated heterocycles. The van der Waals surface area contributed by atoms with E-state index in [2.05, 4.69) is 29.1 Å². The van der Waals surface area contributed by atoms with Gasteiger partial charge in [-0.1, -0.05) is 48.8 Å². The molecule has 116 valence electrons. The van der Waals surface area contributed by atoms with Crippen LogP contribution in [0.4, 0.5) is 0 Å². The molecule has 0 aromatic heterocycles. The Hall–Kier alpha value is -2.00. The molecule has 2 fully saturated rings. The molecule has 0 spiro atoms. The van der Waals surface area contributed by atoms with Crippen molar-refractivity contribution in [2.45, 2.75) is 44.7 Å². The second kappa shape index (κ2) is 5.65. The molecule has 5 heteroatoms. The highest BCUT2D eigenvalue weighted by molar-refractivity contribution is 5.82. The van der Waals surface area contributed by atoms with Gasteiger partial charge in [-0.15, -0.1) is 0 Å². The van der Waals surface area contributed by atoms with Crippen molar-refractivity contribution in [1.29, 1.82) is 0 Å². The van der Waals surface area contributed by atoms with Crippen molar-refractivity contribution in [1.82, 2.24) is 4.90 Å². The smallest absolute Gasteiger partial charge is 0.226 e. The van der Waals surface area contributed by atoms with E-state index in [1.165, 1.54) is 0 Å². The van der Waals surface area contributed by atoms with Crippen molar-refractivity contribution in [3.8, 4) is 0 Å². The molecule has 1 aromatic carbocycles. The van der Waals surface area contributed by atoms with E-state index in [-0.39, 0.29) is 29.3 Å². The molecule has 3 rings (SSSR count). The first-order valence-electron chi connectivity index (χ1n) is 8.01. The molecule has 1 amide bonds. The Labute approximate surface area is 130 Å². The van der Waals surface area contributed by atoms with E-state index in [0.29, 0.717) is 6.54 Å². The minimum atomic E-state index is -0.338. The Morgan fingerprint density at radius 3 is 2.59 bits per heavy atom. The van der Waals surface area contributed by atoms with Gasteiger partial charge in [0.15, 0.2) is 0 Å². The van der Waals surface area contributed by atoms with Crippen LogP contribution in [0.25, 0.3) is 10.4 Å². The summed E-state index contributed by atoms with van der Waals surface area (Å²) in [6, 6.07) is 10.2. The quantitative estimate of drug-likeness (QED) is 0.469. The molecule has 0 radical (unpaired) electrons. The fraction of sp³-hybridized carbons (Fsp3) is 0.588. The molecule has 2 aliphatic rings. The Kier molecular flexibility index (Phi) is 3.83. The molecule has 1 heterocycles. The zero-order valence-electron chi connectivity index (χ0n) is 13.1. The normalized spacial score (nSPS) is 27.9. The molecular weight excluding hydrogens is 276 g/mol. The Morgan fingerprint density at radius 1 is 1.36 bits per heavy atom.